The third-order valence-electron chi connectivity index (χ3n) is 3.24. The molecule has 1 fully saturated rings. The number of amides is 1. The maximum Gasteiger partial charge on any atom is 0.253 e. The van der Waals surface area contributed by atoms with E-state index in [1.807, 2.05) is 18.2 Å². The molecule has 1 aromatic carbocycles. The van der Waals surface area contributed by atoms with Crippen molar-refractivity contribution in [3.8, 4) is 0 Å². The summed E-state index contributed by atoms with van der Waals surface area (Å²) in [5.74, 6) is 0.390. The maximum absolute atomic E-state index is 12.0. The number of ether oxygens (including phenoxy) is 1. The standard InChI is InChI=1S/C14H20N2O2/c1-10(2)12-5-3-4-6-13(12)16-8-11(7-15)18-9-14(16)17/h3-6,10-11H,7-9,15H2,1-2H3. The van der Waals surface area contributed by atoms with E-state index in [1.54, 1.807) is 4.90 Å². The SMILES string of the molecule is CC(C)c1ccccc1N1CC(CN)OCC1=O. The Morgan fingerprint density at radius 3 is 2.83 bits per heavy atom. The van der Waals surface area contributed by atoms with E-state index in [9.17, 15) is 4.79 Å². The van der Waals surface area contributed by atoms with Crippen LogP contribution in [0.1, 0.15) is 25.3 Å². The minimum absolute atomic E-state index is 0.00722. The van der Waals surface area contributed by atoms with Crippen LogP contribution in [0.15, 0.2) is 24.3 Å². The molecule has 1 aliphatic heterocycles. The van der Waals surface area contributed by atoms with Crippen molar-refractivity contribution in [2.45, 2.75) is 25.9 Å². The van der Waals surface area contributed by atoms with Gasteiger partial charge in [0.15, 0.2) is 0 Å². The monoisotopic (exact) mass is 248 g/mol. The lowest BCUT2D eigenvalue weighted by Crippen LogP contribution is -2.49. The number of carbonyl (C=O) groups excluding carboxylic acids is 1. The van der Waals surface area contributed by atoms with E-state index >= 15 is 0 Å². The molecule has 1 aromatic rings. The lowest BCUT2D eigenvalue weighted by Gasteiger charge is -2.33. The zero-order valence-electron chi connectivity index (χ0n) is 10.9. The minimum atomic E-state index is -0.0667. The van der Waals surface area contributed by atoms with Crippen LogP contribution < -0.4 is 10.6 Å². The molecule has 0 saturated carbocycles. The first-order chi connectivity index (χ1) is 8.63. The molecule has 1 amide bonds. The summed E-state index contributed by atoms with van der Waals surface area (Å²) < 4.78 is 5.38. The van der Waals surface area contributed by atoms with Gasteiger partial charge in [-0.15, -0.1) is 0 Å². The molecule has 1 saturated heterocycles. The summed E-state index contributed by atoms with van der Waals surface area (Å²) in [6, 6.07) is 8.03. The van der Waals surface area contributed by atoms with Gasteiger partial charge in [0.2, 0.25) is 0 Å². The molecule has 0 spiro atoms. The normalized spacial score (nSPS) is 20.6. The number of nitrogens with zero attached hydrogens (tertiary/aromatic N) is 1. The van der Waals surface area contributed by atoms with Gasteiger partial charge in [0.05, 0.1) is 12.6 Å². The van der Waals surface area contributed by atoms with Gasteiger partial charge in [-0.3, -0.25) is 4.79 Å². The van der Waals surface area contributed by atoms with E-state index in [0.29, 0.717) is 19.0 Å². The second-order valence-electron chi connectivity index (χ2n) is 4.89. The summed E-state index contributed by atoms with van der Waals surface area (Å²) >= 11 is 0. The number of nitrogens with two attached hydrogens (primary N) is 1. The Morgan fingerprint density at radius 2 is 2.17 bits per heavy atom. The molecule has 0 aliphatic carbocycles. The number of anilines is 1. The fourth-order valence-corrected chi connectivity index (χ4v) is 2.22. The molecule has 2 N–H and O–H groups in total. The average Bonchev–Trinajstić information content (AvgIpc) is 2.39. The first kappa shape index (κ1) is 13.1. The molecular formula is C14H20N2O2. The highest BCUT2D eigenvalue weighted by Gasteiger charge is 2.28. The first-order valence-electron chi connectivity index (χ1n) is 6.34. The predicted octanol–water partition coefficient (Wildman–Crippen LogP) is 1.50. The molecule has 0 aromatic heterocycles. The Kier molecular flexibility index (Phi) is 3.99. The van der Waals surface area contributed by atoms with Crippen LogP contribution in [-0.2, 0) is 9.53 Å². The maximum atomic E-state index is 12.0. The van der Waals surface area contributed by atoms with E-state index in [1.165, 1.54) is 5.56 Å². The zero-order chi connectivity index (χ0) is 13.1. The van der Waals surface area contributed by atoms with E-state index in [-0.39, 0.29) is 18.6 Å². The summed E-state index contributed by atoms with van der Waals surface area (Å²) in [6.07, 6.45) is -0.0667. The van der Waals surface area contributed by atoms with Crippen LogP contribution in [0.5, 0.6) is 0 Å². The molecule has 18 heavy (non-hydrogen) atoms. The van der Waals surface area contributed by atoms with Gasteiger partial charge < -0.3 is 15.4 Å². The molecule has 0 bridgehead atoms. The van der Waals surface area contributed by atoms with Crippen LogP contribution in [-0.4, -0.2) is 31.7 Å². The number of para-hydroxylation sites is 1. The van der Waals surface area contributed by atoms with E-state index in [2.05, 4.69) is 19.9 Å². The lowest BCUT2D eigenvalue weighted by atomic mass is 10.00. The van der Waals surface area contributed by atoms with Crippen LogP contribution in [0.25, 0.3) is 0 Å². The first-order valence-corrected chi connectivity index (χ1v) is 6.34. The number of carbonyl (C=O) groups is 1. The van der Waals surface area contributed by atoms with Crippen molar-refractivity contribution in [3.05, 3.63) is 29.8 Å². The Bertz CT molecular complexity index is 432. The highest BCUT2D eigenvalue weighted by molar-refractivity contribution is 5.95. The smallest absolute Gasteiger partial charge is 0.253 e. The molecule has 1 heterocycles. The molecule has 98 valence electrons. The van der Waals surface area contributed by atoms with Gasteiger partial charge in [0.1, 0.15) is 6.61 Å². The summed E-state index contributed by atoms with van der Waals surface area (Å²) in [4.78, 5) is 13.8. The minimum Gasteiger partial charge on any atom is -0.365 e. The fourth-order valence-electron chi connectivity index (χ4n) is 2.22. The quantitative estimate of drug-likeness (QED) is 0.882. The van der Waals surface area contributed by atoms with E-state index in [4.69, 9.17) is 10.5 Å². The Hall–Kier alpha value is -1.39. The third kappa shape index (κ3) is 2.54. The van der Waals surface area contributed by atoms with Gasteiger partial charge in [0, 0.05) is 12.2 Å². The second kappa shape index (κ2) is 5.50. The van der Waals surface area contributed by atoms with Crippen LogP contribution in [0.4, 0.5) is 5.69 Å². The van der Waals surface area contributed by atoms with Crippen molar-refractivity contribution in [2.75, 3.05) is 24.6 Å². The summed E-state index contributed by atoms with van der Waals surface area (Å²) in [5, 5.41) is 0. The molecule has 1 unspecified atom stereocenters. The van der Waals surface area contributed by atoms with E-state index < -0.39 is 0 Å². The number of hydrogen-bond donors (Lipinski definition) is 1. The molecule has 1 aliphatic rings. The van der Waals surface area contributed by atoms with Gasteiger partial charge in [-0.25, -0.2) is 0 Å². The van der Waals surface area contributed by atoms with Gasteiger partial charge in [-0.1, -0.05) is 32.0 Å². The predicted molar refractivity (Wildman–Crippen MR) is 71.7 cm³/mol. The van der Waals surface area contributed by atoms with Crippen LogP contribution in [0.2, 0.25) is 0 Å². The van der Waals surface area contributed by atoms with E-state index in [0.717, 1.165) is 5.69 Å². The largest absolute Gasteiger partial charge is 0.365 e. The van der Waals surface area contributed by atoms with Gasteiger partial charge >= 0.3 is 0 Å². The Labute approximate surface area is 108 Å². The van der Waals surface area contributed by atoms with Gasteiger partial charge in [0.25, 0.3) is 5.91 Å². The number of hydrogen-bond acceptors (Lipinski definition) is 3. The van der Waals surface area contributed by atoms with Crippen molar-refractivity contribution in [3.63, 3.8) is 0 Å². The number of morpholine rings is 1. The third-order valence-corrected chi connectivity index (χ3v) is 3.24. The van der Waals surface area contributed by atoms with Crippen LogP contribution >= 0.6 is 0 Å². The molecule has 1 atom stereocenters. The molecular weight excluding hydrogens is 228 g/mol. The Morgan fingerprint density at radius 1 is 1.44 bits per heavy atom. The second-order valence-corrected chi connectivity index (χ2v) is 4.89. The molecule has 2 rings (SSSR count). The molecule has 0 radical (unpaired) electrons. The van der Waals surface area contributed by atoms with Gasteiger partial charge in [-0.2, -0.15) is 0 Å². The zero-order valence-corrected chi connectivity index (χ0v) is 10.9. The summed E-state index contributed by atoms with van der Waals surface area (Å²) in [7, 11) is 0. The van der Waals surface area contributed by atoms with Gasteiger partial charge in [-0.05, 0) is 17.5 Å². The Balaban J connectivity index is 2.31. The highest BCUT2D eigenvalue weighted by Crippen LogP contribution is 2.28. The fraction of sp³-hybridized carbons (Fsp3) is 0.500. The van der Waals surface area contributed by atoms with Crippen molar-refractivity contribution in [1.29, 1.82) is 0 Å². The number of rotatable bonds is 3. The average molecular weight is 248 g/mol. The number of benzene rings is 1. The van der Waals surface area contributed by atoms with Crippen molar-refractivity contribution < 1.29 is 9.53 Å². The van der Waals surface area contributed by atoms with Crippen LogP contribution in [0.3, 0.4) is 0 Å². The summed E-state index contributed by atoms with van der Waals surface area (Å²) in [5.41, 5.74) is 7.79. The van der Waals surface area contributed by atoms with Crippen LogP contribution in [0, 0.1) is 0 Å². The topological polar surface area (TPSA) is 55.6 Å². The highest BCUT2D eigenvalue weighted by atomic mass is 16.5. The molecule has 4 nitrogen and oxygen atoms in total. The van der Waals surface area contributed by atoms with Crippen molar-refractivity contribution in [1.82, 2.24) is 0 Å². The van der Waals surface area contributed by atoms with Crippen molar-refractivity contribution >= 4 is 11.6 Å². The molecule has 4 heteroatoms. The summed E-state index contributed by atoms with van der Waals surface area (Å²) in [6.45, 7) is 5.36. The van der Waals surface area contributed by atoms with Crippen molar-refractivity contribution in [2.24, 2.45) is 5.73 Å². The lowest BCUT2D eigenvalue weighted by molar-refractivity contribution is -0.128.